The molecule has 7 nitrogen and oxygen atoms in total. The Bertz CT molecular complexity index is 1610. The van der Waals surface area contributed by atoms with E-state index < -0.39 is 0 Å². The normalized spacial score (nSPS) is 27.6. The summed E-state index contributed by atoms with van der Waals surface area (Å²) >= 11 is 0. The largest absolute Gasteiger partial charge is 0.494 e. The lowest BCUT2D eigenvalue weighted by molar-refractivity contribution is -0.0999. The number of ether oxygens (including phenoxy) is 1. The van der Waals surface area contributed by atoms with Crippen LogP contribution in [0.5, 0.6) is 5.75 Å². The van der Waals surface area contributed by atoms with Crippen LogP contribution in [-0.4, -0.2) is 69.7 Å². The number of methoxy groups -OCH3 is 1. The first-order chi connectivity index (χ1) is 18.4. The van der Waals surface area contributed by atoms with Crippen molar-refractivity contribution in [2.75, 3.05) is 27.7 Å². The molecule has 7 heteroatoms. The lowest BCUT2D eigenvalue weighted by atomic mass is 9.50. The molecule has 38 heavy (non-hydrogen) atoms. The minimum absolute atomic E-state index is 0.116. The van der Waals surface area contributed by atoms with E-state index in [4.69, 9.17) is 9.72 Å². The molecule has 3 saturated carbocycles. The van der Waals surface area contributed by atoms with Crippen LogP contribution in [0.1, 0.15) is 29.6 Å². The van der Waals surface area contributed by atoms with Gasteiger partial charge >= 0.3 is 0 Å². The highest BCUT2D eigenvalue weighted by Gasteiger charge is 2.68. The van der Waals surface area contributed by atoms with Crippen molar-refractivity contribution in [1.29, 1.82) is 0 Å². The second kappa shape index (κ2) is 7.85. The molecule has 5 atom stereocenters. The zero-order valence-electron chi connectivity index (χ0n) is 22.6. The molecule has 4 fully saturated rings. The average Bonchev–Trinajstić information content (AvgIpc) is 3.55. The first-order valence-electron chi connectivity index (χ1n) is 14.0. The molecule has 3 heterocycles. The minimum Gasteiger partial charge on any atom is -0.494 e. The Labute approximate surface area is 223 Å². The van der Waals surface area contributed by atoms with Gasteiger partial charge in [0, 0.05) is 42.6 Å². The summed E-state index contributed by atoms with van der Waals surface area (Å²) in [4.78, 5) is 23.6. The number of fused-ring (bicyclic) bond motifs is 2. The van der Waals surface area contributed by atoms with Crippen LogP contribution in [0, 0.1) is 23.7 Å². The number of likely N-dealkylation sites (N-methyl/N-ethyl adjacent to an activating group) is 1. The van der Waals surface area contributed by atoms with Gasteiger partial charge in [0.25, 0.3) is 5.91 Å². The summed E-state index contributed by atoms with van der Waals surface area (Å²) in [5, 5.41) is 1.23. The summed E-state index contributed by atoms with van der Waals surface area (Å²) in [6, 6.07) is 15.6. The van der Waals surface area contributed by atoms with Gasteiger partial charge in [-0.15, -0.1) is 0 Å². The van der Waals surface area contributed by atoms with E-state index in [2.05, 4.69) is 70.4 Å². The van der Waals surface area contributed by atoms with Gasteiger partial charge in [0.05, 0.1) is 24.4 Å². The van der Waals surface area contributed by atoms with Crippen LogP contribution in [-0.2, 0) is 13.6 Å². The van der Waals surface area contributed by atoms with Crippen LogP contribution < -0.4 is 4.74 Å². The van der Waals surface area contributed by atoms with Crippen molar-refractivity contribution >= 4 is 27.8 Å². The number of nitrogens with zero attached hydrogens (tertiary/aromatic N) is 5. The number of amides is 1. The summed E-state index contributed by atoms with van der Waals surface area (Å²) in [7, 11) is 8.06. The number of hydrogen-bond acceptors (Lipinski definition) is 4. The standard InChI is InChI=1S/C31H35N5O2/c1-33(2)27-21-11-20-16-36(29(27)26(20)21)31(37)19-12-22-28(25(14-19)38-4)34(3)30(32-22)24-13-18-7-5-6-8-23(18)35(24)15-17-9-10-17/h5-8,12-14,17,20-21,26-27,29H,9-11,15-16H2,1-4H3/t20-,21?,26+,27+,29+/m1/s1. The fraction of sp³-hybridized carbons (Fsp3) is 0.484. The van der Waals surface area contributed by atoms with Crippen molar-refractivity contribution in [1.82, 2.24) is 23.9 Å². The highest BCUT2D eigenvalue weighted by Crippen LogP contribution is 2.62. The maximum Gasteiger partial charge on any atom is 0.254 e. The Morgan fingerprint density at radius 3 is 2.74 bits per heavy atom. The highest BCUT2D eigenvalue weighted by atomic mass is 16.5. The number of carbonyl (C=O) groups excluding carboxylic acids is 1. The van der Waals surface area contributed by atoms with Crippen molar-refractivity contribution < 1.29 is 9.53 Å². The van der Waals surface area contributed by atoms with E-state index in [1.807, 2.05) is 12.1 Å². The molecule has 1 unspecified atom stereocenters. The van der Waals surface area contributed by atoms with Gasteiger partial charge in [0.2, 0.25) is 0 Å². The molecular formula is C31H35N5O2. The van der Waals surface area contributed by atoms with Gasteiger partial charge in [-0.1, -0.05) is 18.2 Å². The molecule has 1 saturated heterocycles. The number of rotatable bonds is 6. The van der Waals surface area contributed by atoms with Gasteiger partial charge in [0.1, 0.15) is 11.3 Å². The molecule has 8 rings (SSSR count). The van der Waals surface area contributed by atoms with E-state index in [9.17, 15) is 4.79 Å². The van der Waals surface area contributed by atoms with Crippen molar-refractivity contribution in [3.8, 4) is 17.3 Å². The lowest BCUT2D eigenvalue weighted by Gasteiger charge is -2.61. The van der Waals surface area contributed by atoms with Gasteiger partial charge in [-0.05, 0) is 81.3 Å². The van der Waals surface area contributed by atoms with Crippen LogP contribution in [0.4, 0.5) is 0 Å². The molecule has 4 aliphatic rings. The summed E-state index contributed by atoms with van der Waals surface area (Å²) in [5.41, 5.74) is 4.80. The second-order valence-corrected chi connectivity index (χ2v) is 12.3. The van der Waals surface area contributed by atoms with E-state index in [0.717, 1.165) is 47.5 Å². The van der Waals surface area contributed by atoms with Gasteiger partial charge in [-0.25, -0.2) is 4.98 Å². The van der Waals surface area contributed by atoms with Crippen LogP contribution in [0.3, 0.4) is 0 Å². The zero-order chi connectivity index (χ0) is 25.9. The Balaban J connectivity index is 1.22. The van der Waals surface area contributed by atoms with Crippen molar-refractivity contribution in [3.63, 3.8) is 0 Å². The fourth-order valence-corrected chi connectivity index (χ4v) is 8.06. The van der Waals surface area contributed by atoms with Crippen molar-refractivity contribution in [2.24, 2.45) is 30.7 Å². The number of aromatic nitrogens is 3. The quantitative estimate of drug-likeness (QED) is 0.380. The Morgan fingerprint density at radius 2 is 1.97 bits per heavy atom. The Hall–Kier alpha value is -3.32. The van der Waals surface area contributed by atoms with Gasteiger partial charge in [-0.2, -0.15) is 0 Å². The third-order valence-electron chi connectivity index (χ3n) is 10.0. The maximum atomic E-state index is 14.0. The molecule has 0 N–H and O–H groups in total. The molecule has 0 spiro atoms. The number of para-hydroxylation sites is 1. The molecule has 2 aromatic carbocycles. The molecule has 4 aromatic rings. The first-order valence-corrected chi connectivity index (χ1v) is 14.0. The SMILES string of the molecule is COc1cc(C(=O)N2C[C@H]3CC4[C@H]3[C@H]2[C@H]4N(C)C)cc2nc(-c3cc4ccccc4n3CC3CC3)n(C)c12. The molecule has 196 valence electrons. The number of benzene rings is 2. The fourth-order valence-electron chi connectivity index (χ4n) is 8.06. The summed E-state index contributed by atoms with van der Waals surface area (Å²) in [6.45, 7) is 1.89. The van der Waals surface area contributed by atoms with Crippen molar-refractivity contribution in [2.45, 2.75) is 37.9 Å². The molecule has 2 aromatic heterocycles. The molecule has 1 aliphatic heterocycles. The summed E-state index contributed by atoms with van der Waals surface area (Å²) in [6.07, 6.45) is 3.85. The van der Waals surface area contributed by atoms with Gasteiger partial charge < -0.3 is 23.7 Å². The van der Waals surface area contributed by atoms with E-state index in [0.29, 0.717) is 35.2 Å². The summed E-state index contributed by atoms with van der Waals surface area (Å²) in [5.74, 6) is 4.59. The first kappa shape index (κ1) is 22.6. The summed E-state index contributed by atoms with van der Waals surface area (Å²) < 4.78 is 10.4. The number of likely N-dealkylation sites (tertiary alicyclic amines) is 1. The number of hydrogen-bond donors (Lipinski definition) is 0. The third kappa shape index (κ3) is 2.99. The molecular weight excluding hydrogens is 474 g/mol. The van der Waals surface area contributed by atoms with Crippen molar-refractivity contribution in [3.05, 3.63) is 48.0 Å². The third-order valence-corrected chi connectivity index (χ3v) is 10.0. The van der Waals surface area contributed by atoms with E-state index >= 15 is 0 Å². The van der Waals surface area contributed by atoms with Crippen LogP contribution in [0.2, 0.25) is 0 Å². The van der Waals surface area contributed by atoms with Crippen LogP contribution in [0.25, 0.3) is 33.5 Å². The number of imidazole rings is 1. The van der Waals surface area contributed by atoms with E-state index in [1.165, 1.54) is 30.2 Å². The topological polar surface area (TPSA) is 55.5 Å². The van der Waals surface area contributed by atoms with Gasteiger partial charge in [-0.3, -0.25) is 4.79 Å². The van der Waals surface area contributed by atoms with E-state index in [-0.39, 0.29) is 5.91 Å². The molecule has 0 bridgehead atoms. The Morgan fingerprint density at radius 1 is 1.16 bits per heavy atom. The maximum absolute atomic E-state index is 14.0. The van der Waals surface area contributed by atoms with Gasteiger partial charge in [0.15, 0.2) is 5.82 Å². The van der Waals surface area contributed by atoms with E-state index in [1.54, 1.807) is 7.11 Å². The number of carbonyl (C=O) groups is 1. The average molecular weight is 510 g/mol. The second-order valence-electron chi connectivity index (χ2n) is 12.3. The zero-order valence-corrected chi connectivity index (χ0v) is 22.6. The minimum atomic E-state index is 0.116. The number of aryl methyl sites for hydroxylation is 1. The predicted octanol–water partition coefficient (Wildman–Crippen LogP) is 4.63. The monoisotopic (exact) mass is 509 g/mol. The van der Waals surface area contributed by atoms with Crippen LogP contribution >= 0.6 is 0 Å². The Kier molecular flexibility index (Phi) is 4.68. The predicted molar refractivity (Wildman–Crippen MR) is 148 cm³/mol. The van der Waals surface area contributed by atoms with Crippen LogP contribution in [0.15, 0.2) is 42.5 Å². The molecule has 1 amide bonds. The highest BCUT2D eigenvalue weighted by molar-refractivity contribution is 6.00. The smallest absolute Gasteiger partial charge is 0.254 e. The lowest BCUT2D eigenvalue weighted by Crippen LogP contribution is -2.69. The molecule has 0 radical (unpaired) electrons. The molecule has 3 aliphatic carbocycles.